The molecule has 0 aliphatic carbocycles. The van der Waals surface area contributed by atoms with Gasteiger partial charge in [-0.05, 0) is 54.0 Å². The van der Waals surface area contributed by atoms with Gasteiger partial charge in [0.2, 0.25) is 0 Å². The second kappa shape index (κ2) is 13.1. The third-order valence-electron chi connectivity index (χ3n) is 7.78. The summed E-state index contributed by atoms with van der Waals surface area (Å²) in [6, 6.07) is 15.5. The summed E-state index contributed by atoms with van der Waals surface area (Å²) < 4.78 is 61.0. The molecule has 39 heavy (non-hydrogen) atoms. The third kappa shape index (κ3) is 7.10. The monoisotopic (exact) mass is 538 g/mol. The van der Waals surface area contributed by atoms with E-state index in [1.54, 1.807) is 36.4 Å². The van der Waals surface area contributed by atoms with E-state index in [1.807, 2.05) is 12.1 Å². The maximum absolute atomic E-state index is 15.0. The van der Waals surface area contributed by atoms with Crippen molar-refractivity contribution in [2.75, 3.05) is 19.8 Å². The van der Waals surface area contributed by atoms with Gasteiger partial charge < -0.3 is 14.2 Å². The number of epoxide rings is 1. The number of hydrogen-bond acceptors (Lipinski definition) is 3. The van der Waals surface area contributed by atoms with Crippen molar-refractivity contribution in [2.24, 2.45) is 5.92 Å². The molecule has 0 aromatic heterocycles. The molecule has 0 spiro atoms. The highest BCUT2D eigenvalue weighted by atomic mass is 19.2. The number of rotatable bonds is 12. The molecule has 0 bridgehead atoms. The van der Waals surface area contributed by atoms with E-state index in [0.29, 0.717) is 37.4 Å². The predicted octanol–water partition coefficient (Wildman–Crippen LogP) is 8.79. The summed E-state index contributed by atoms with van der Waals surface area (Å²) in [4.78, 5) is 0. The normalized spacial score (nSPS) is 20.8. The molecule has 2 aliphatic rings. The first-order valence-electron chi connectivity index (χ1n) is 14.3. The molecule has 3 aromatic carbocycles. The first kappa shape index (κ1) is 27.9. The summed E-state index contributed by atoms with van der Waals surface area (Å²) in [6.07, 6.45) is 8.09. The van der Waals surface area contributed by atoms with Gasteiger partial charge in [-0.2, -0.15) is 0 Å². The van der Waals surface area contributed by atoms with E-state index in [0.717, 1.165) is 30.4 Å². The summed E-state index contributed by atoms with van der Waals surface area (Å²) in [6.45, 7) is 3.96. The molecule has 2 fully saturated rings. The van der Waals surface area contributed by atoms with Gasteiger partial charge in [0.25, 0.3) is 0 Å². The van der Waals surface area contributed by atoms with E-state index in [1.165, 1.54) is 31.7 Å². The average molecular weight is 539 g/mol. The smallest absolute Gasteiger partial charge is 0.167 e. The van der Waals surface area contributed by atoms with Crippen molar-refractivity contribution in [3.63, 3.8) is 0 Å². The van der Waals surface area contributed by atoms with E-state index in [4.69, 9.17) is 14.2 Å². The van der Waals surface area contributed by atoms with Crippen LogP contribution in [0.4, 0.5) is 13.2 Å². The summed E-state index contributed by atoms with van der Waals surface area (Å²) in [5.41, 5.74) is 3.23. The Kier molecular flexibility index (Phi) is 9.38. The fourth-order valence-electron chi connectivity index (χ4n) is 5.23. The lowest BCUT2D eigenvalue weighted by molar-refractivity contribution is -0.204. The largest absolute Gasteiger partial charge is 0.368 e. The van der Waals surface area contributed by atoms with Crippen LogP contribution in [0.2, 0.25) is 0 Å². The molecule has 208 valence electrons. The van der Waals surface area contributed by atoms with Gasteiger partial charge in [0.1, 0.15) is 11.9 Å². The molecule has 3 aromatic rings. The van der Waals surface area contributed by atoms with Gasteiger partial charge in [0.15, 0.2) is 17.9 Å². The molecule has 0 N–H and O–H groups in total. The van der Waals surface area contributed by atoms with Crippen LogP contribution in [0.5, 0.6) is 0 Å². The Morgan fingerprint density at radius 2 is 1.38 bits per heavy atom. The maximum atomic E-state index is 15.0. The molecule has 2 saturated heterocycles. The minimum absolute atomic E-state index is 0.0995. The lowest BCUT2D eigenvalue weighted by Crippen LogP contribution is -2.32. The van der Waals surface area contributed by atoms with Gasteiger partial charge in [-0.15, -0.1) is 0 Å². The number of aryl methyl sites for hydroxylation is 1. The maximum Gasteiger partial charge on any atom is 0.167 e. The van der Waals surface area contributed by atoms with Gasteiger partial charge in [0.05, 0.1) is 19.8 Å². The van der Waals surface area contributed by atoms with E-state index in [2.05, 4.69) is 6.92 Å². The van der Waals surface area contributed by atoms with Crippen molar-refractivity contribution in [3.05, 3.63) is 83.2 Å². The Bertz CT molecular complexity index is 1230. The number of halogens is 3. The summed E-state index contributed by atoms with van der Waals surface area (Å²) in [5.74, 6) is -1.72. The van der Waals surface area contributed by atoms with Crippen LogP contribution >= 0.6 is 0 Å². The predicted molar refractivity (Wildman–Crippen MR) is 147 cm³/mol. The Morgan fingerprint density at radius 1 is 0.692 bits per heavy atom. The highest BCUT2D eigenvalue weighted by Gasteiger charge is 2.30. The Balaban J connectivity index is 1.13. The highest BCUT2D eigenvalue weighted by Crippen LogP contribution is 2.36. The van der Waals surface area contributed by atoms with Gasteiger partial charge in [0, 0.05) is 17.0 Å². The van der Waals surface area contributed by atoms with Gasteiger partial charge >= 0.3 is 0 Å². The first-order valence-corrected chi connectivity index (χ1v) is 14.3. The Morgan fingerprint density at radius 3 is 2.08 bits per heavy atom. The summed E-state index contributed by atoms with van der Waals surface area (Å²) in [7, 11) is 0. The van der Waals surface area contributed by atoms with Crippen LogP contribution in [0, 0.1) is 23.4 Å². The number of hydrogen-bond donors (Lipinski definition) is 0. The fourth-order valence-corrected chi connectivity index (χ4v) is 5.23. The van der Waals surface area contributed by atoms with Gasteiger partial charge in [-0.3, -0.25) is 0 Å². The molecule has 3 nitrogen and oxygen atoms in total. The van der Waals surface area contributed by atoms with Crippen LogP contribution < -0.4 is 0 Å². The molecular weight excluding hydrogens is 501 g/mol. The molecule has 1 unspecified atom stereocenters. The van der Waals surface area contributed by atoms with Crippen LogP contribution in [-0.2, 0) is 20.6 Å². The van der Waals surface area contributed by atoms with E-state index >= 15 is 0 Å². The molecule has 1 atom stereocenters. The molecule has 2 aliphatic heterocycles. The minimum Gasteiger partial charge on any atom is -0.368 e. The highest BCUT2D eigenvalue weighted by molar-refractivity contribution is 5.71. The SMILES string of the molecule is CCCCCCCC1OCC(CCc2ccc(-c3ccc(-c4ccc(C5CO5)c(F)c4F)cc3)cc2F)CO1. The van der Waals surface area contributed by atoms with Gasteiger partial charge in [-0.1, -0.05) is 81.1 Å². The van der Waals surface area contributed by atoms with Crippen molar-refractivity contribution in [1.82, 2.24) is 0 Å². The number of benzene rings is 3. The Hall–Kier alpha value is -2.67. The quantitative estimate of drug-likeness (QED) is 0.171. The molecule has 6 heteroatoms. The topological polar surface area (TPSA) is 31.0 Å². The lowest BCUT2D eigenvalue weighted by atomic mass is 9.96. The van der Waals surface area contributed by atoms with Crippen molar-refractivity contribution >= 4 is 0 Å². The van der Waals surface area contributed by atoms with Crippen LogP contribution in [0.25, 0.3) is 22.3 Å². The molecule has 5 rings (SSSR count). The van der Waals surface area contributed by atoms with Crippen molar-refractivity contribution < 1.29 is 27.4 Å². The molecule has 0 amide bonds. The average Bonchev–Trinajstić information content (AvgIpc) is 3.80. The van der Waals surface area contributed by atoms with E-state index in [-0.39, 0.29) is 35.3 Å². The van der Waals surface area contributed by atoms with Crippen LogP contribution in [0.15, 0.2) is 54.6 Å². The number of unbranched alkanes of at least 4 members (excludes halogenated alkanes) is 4. The summed E-state index contributed by atoms with van der Waals surface area (Å²) >= 11 is 0. The lowest BCUT2D eigenvalue weighted by Gasteiger charge is -2.29. The Labute approximate surface area is 229 Å². The molecule has 0 radical (unpaired) electrons. The molecule has 2 heterocycles. The zero-order valence-corrected chi connectivity index (χ0v) is 22.6. The number of ether oxygens (including phenoxy) is 3. The van der Waals surface area contributed by atoms with Crippen molar-refractivity contribution in [2.45, 2.75) is 70.7 Å². The third-order valence-corrected chi connectivity index (χ3v) is 7.78. The second-order valence-corrected chi connectivity index (χ2v) is 10.7. The molecule has 0 saturated carbocycles. The zero-order valence-electron chi connectivity index (χ0n) is 22.6. The van der Waals surface area contributed by atoms with Crippen LogP contribution in [-0.4, -0.2) is 26.1 Å². The molecular formula is C33H37F3O3. The van der Waals surface area contributed by atoms with Gasteiger partial charge in [-0.25, -0.2) is 13.2 Å². The van der Waals surface area contributed by atoms with Crippen molar-refractivity contribution in [1.29, 1.82) is 0 Å². The fraction of sp³-hybridized carbons (Fsp3) is 0.455. The van der Waals surface area contributed by atoms with Crippen LogP contribution in [0.1, 0.15) is 69.1 Å². The standard InChI is InChI=1S/C33H37F3O3/c1-2-3-4-5-6-7-31-38-19-22(20-39-31)8-9-25-14-15-26(18-29(25)34)23-10-12-24(13-11-23)27-16-17-28(30-21-37-30)33(36)32(27)35/h10-18,22,30-31H,2-9,19-21H2,1H3. The van der Waals surface area contributed by atoms with E-state index < -0.39 is 11.6 Å². The second-order valence-electron chi connectivity index (χ2n) is 10.7. The zero-order chi connectivity index (χ0) is 27.2. The van der Waals surface area contributed by atoms with Crippen molar-refractivity contribution in [3.8, 4) is 22.3 Å². The van der Waals surface area contributed by atoms with E-state index in [9.17, 15) is 13.2 Å². The first-order chi connectivity index (χ1) is 19.0. The summed E-state index contributed by atoms with van der Waals surface area (Å²) in [5, 5.41) is 0. The van der Waals surface area contributed by atoms with Crippen LogP contribution in [0.3, 0.4) is 0 Å². The minimum atomic E-state index is -0.877.